The number of anilines is 1. The van der Waals surface area contributed by atoms with E-state index in [9.17, 15) is 4.79 Å². The fraction of sp³-hybridized carbons (Fsp3) is 0.182. The molecule has 0 radical (unpaired) electrons. The van der Waals surface area contributed by atoms with Gasteiger partial charge < -0.3 is 5.32 Å². The minimum Gasteiger partial charge on any atom is -0.350 e. The van der Waals surface area contributed by atoms with E-state index in [1.54, 1.807) is 18.2 Å². The molecule has 0 aliphatic carbocycles. The van der Waals surface area contributed by atoms with Crippen molar-refractivity contribution in [2.24, 2.45) is 0 Å². The molecule has 6 heteroatoms. The molecule has 3 N–H and O–H groups in total. The first-order valence-electron chi connectivity index (χ1n) is 5.12. The van der Waals surface area contributed by atoms with Crippen LogP contribution in [0.15, 0.2) is 30.0 Å². The lowest BCUT2D eigenvalue weighted by Gasteiger charge is -2.17. The van der Waals surface area contributed by atoms with Crippen molar-refractivity contribution in [3.63, 3.8) is 0 Å². The molecule has 17 heavy (non-hydrogen) atoms. The summed E-state index contributed by atoms with van der Waals surface area (Å²) in [5, 5.41) is 3.82. The van der Waals surface area contributed by atoms with Crippen molar-refractivity contribution in [3.8, 4) is 0 Å². The molecule has 0 fully saturated rings. The molecule has 0 bridgehead atoms. The summed E-state index contributed by atoms with van der Waals surface area (Å²) in [6, 6.07) is 5.06. The van der Waals surface area contributed by atoms with Gasteiger partial charge in [0.2, 0.25) is 0 Å². The molecule has 1 aliphatic heterocycles. The number of hydrogen-bond donors (Lipinski definition) is 3. The zero-order valence-corrected chi connectivity index (χ0v) is 10.4. The number of hydrogen-bond acceptors (Lipinski definition) is 3. The highest BCUT2D eigenvalue weighted by Gasteiger charge is 2.12. The van der Waals surface area contributed by atoms with E-state index in [0.717, 1.165) is 6.42 Å². The molecule has 0 spiro atoms. The van der Waals surface area contributed by atoms with Crippen LogP contribution in [0.4, 0.5) is 5.69 Å². The maximum Gasteiger partial charge on any atom is 0.268 e. The van der Waals surface area contributed by atoms with E-state index < -0.39 is 0 Å². The van der Waals surface area contributed by atoms with Crippen LogP contribution in [0.2, 0.25) is 10.0 Å². The Morgan fingerprint density at radius 1 is 1.24 bits per heavy atom. The highest BCUT2D eigenvalue weighted by atomic mass is 35.5. The van der Waals surface area contributed by atoms with Crippen molar-refractivity contribution >= 4 is 34.8 Å². The largest absolute Gasteiger partial charge is 0.350 e. The Bertz CT molecular complexity index is 474. The summed E-state index contributed by atoms with van der Waals surface area (Å²) >= 11 is 11.8. The number of carbonyl (C=O) groups excluding carboxylic acids is 1. The van der Waals surface area contributed by atoms with Crippen LogP contribution in [0, 0.1) is 0 Å². The maximum atomic E-state index is 11.4. The predicted molar refractivity (Wildman–Crippen MR) is 68.9 cm³/mol. The monoisotopic (exact) mass is 271 g/mol. The van der Waals surface area contributed by atoms with Gasteiger partial charge in [0, 0.05) is 11.6 Å². The molecule has 1 aromatic rings. The summed E-state index contributed by atoms with van der Waals surface area (Å²) in [6.07, 6.45) is 2.63. The van der Waals surface area contributed by atoms with E-state index in [4.69, 9.17) is 23.2 Å². The second-order valence-electron chi connectivity index (χ2n) is 3.54. The Kier molecular flexibility index (Phi) is 3.76. The maximum absolute atomic E-state index is 11.4. The first-order valence-corrected chi connectivity index (χ1v) is 5.88. The summed E-state index contributed by atoms with van der Waals surface area (Å²) < 4.78 is 0. The minimum absolute atomic E-state index is 0.137. The van der Waals surface area contributed by atoms with E-state index in [1.165, 1.54) is 0 Å². The van der Waals surface area contributed by atoms with E-state index in [0.29, 0.717) is 28.0 Å². The van der Waals surface area contributed by atoms with Gasteiger partial charge in [0.05, 0.1) is 10.7 Å². The van der Waals surface area contributed by atoms with E-state index in [-0.39, 0.29) is 5.91 Å². The van der Waals surface area contributed by atoms with Crippen LogP contribution in [0.5, 0.6) is 0 Å². The van der Waals surface area contributed by atoms with Crippen LogP contribution in [0.3, 0.4) is 0 Å². The lowest BCUT2D eigenvalue weighted by atomic mass is 10.2. The molecule has 0 atom stereocenters. The lowest BCUT2D eigenvalue weighted by Crippen LogP contribution is -2.37. The van der Waals surface area contributed by atoms with Gasteiger partial charge in [0.15, 0.2) is 0 Å². The van der Waals surface area contributed by atoms with Crippen LogP contribution in [-0.4, -0.2) is 12.5 Å². The highest BCUT2D eigenvalue weighted by Crippen LogP contribution is 2.24. The second-order valence-corrected chi connectivity index (χ2v) is 4.38. The quantitative estimate of drug-likeness (QED) is 0.740. The number of nitrogens with one attached hydrogen (secondary N) is 3. The molecule has 4 nitrogen and oxygen atoms in total. The molecule has 1 aliphatic rings. The lowest BCUT2D eigenvalue weighted by molar-refractivity contribution is -0.118. The predicted octanol–water partition coefficient (Wildman–Crippen LogP) is 2.31. The van der Waals surface area contributed by atoms with Crippen LogP contribution in [-0.2, 0) is 4.79 Å². The molecule has 1 amide bonds. The Morgan fingerprint density at radius 2 is 2.06 bits per heavy atom. The molecule has 0 unspecified atom stereocenters. The fourth-order valence-corrected chi connectivity index (χ4v) is 1.76. The van der Waals surface area contributed by atoms with Gasteiger partial charge in [-0.25, -0.2) is 0 Å². The van der Waals surface area contributed by atoms with Gasteiger partial charge in [-0.15, -0.1) is 0 Å². The summed E-state index contributed by atoms with van der Waals surface area (Å²) in [5.74, 6) is -0.137. The second kappa shape index (κ2) is 5.29. The molecule has 90 valence electrons. The first kappa shape index (κ1) is 12.1. The van der Waals surface area contributed by atoms with Crippen LogP contribution >= 0.6 is 23.2 Å². The van der Waals surface area contributed by atoms with E-state index >= 15 is 0 Å². The van der Waals surface area contributed by atoms with E-state index in [1.807, 2.05) is 6.08 Å². The smallest absolute Gasteiger partial charge is 0.268 e. The van der Waals surface area contributed by atoms with E-state index in [2.05, 4.69) is 16.2 Å². The third-order valence-electron chi connectivity index (χ3n) is 2.28. The van der Waals surface area contributed by atoms with Crippen molar-refractivity contribution in [1.29, 1.82) is 0 Å². The number of hydrazine groups is 1. The van der Waals surface area contributed by atoms with Crippen LogP contribution < -0.4 is 16.2 Å². The van der Waals surface area contributed by atoms with Crippen molar-refractivity contribution in [2.45, 2.75) is 6.42 Å². The number of halogens is 2. The summed E-state index contributed by atoms with van der Waals surface area (Å²) in [6.45, 7) is 0.669. The normalized spacial score (nSPS) is 14.9. The van der Waals surface area contributed by atoms with Crippen LogP contribution in [0.1, 0.15) is 6.42 Å². The average Bonchev–Trinajstić information content (AvgIpc) is 2.32. The topological polar surface area (TPSA) is 53.2 Å². The van der Waals surface area contributed by atoms with Crippen molar-refractivity contribution < 1.29 is 4.79 Å². The molecule has 0 saturated carbocycles. The summed E-state index contributed by atoms with van der Waals surface area (Å²) in [5.41, 5.74) is 6.77. The first-order chi connectivity index (χ1) is 8.16. The summed E-state index contributed by atoms with van der Waals surface area (Å²) in [4.78, 5) is 11.4. The number of rotatable bonds is 3. The van der Waals surface area contributed by atoms with Gasteiger partial charge in [0.1, 0.15) is 5.70 Å². The molecule has 1 heterocycles. The Balaban J connectivity index is 2.04. The SMILES string of the molecule is O=C1NCCC=C1NNc1cc(Cl)ccc1Cl. The van der Waals surface area contributed by atoms with Gasteiger partial charge in [-0.1, -0.05) is 29.3 Å². The average molecular weight is 272 g/mol. The molecule has 1 aromatic carbocycles. The zero-order chi connectivity index (χ0) is 12.3. The fourth-order valence-electron chi connectivity index (χ4n) is 1.43. The molecule has 2 rings (SSSR count). The van der Waals surface area contributed by atoms with Crippen molar-refractivity contribution in [3.05, 3.63) is 40.0 Å². The van der Waals surface area contributed by atoms with Gasteiger partial charge in [0.25, 0.3) is 5.91 Å². The Labute approximate surface area is 109 Å². The number of carbonyl (C=O) groups is 1. The van der Waals surface area contributed by atoms with Crippen LogP contribution in [0.25, 0.3) is 0 Å². The third kappa shape index (κ3) is 3.05. The van der Waals surface area contributed by atoms with Gasteiger partial charge in [-0.05, 0) is 24.6 Å². The number of amides is 1. The number of benzene rings is 1. The van der Waals surface area contributed by atoms with Crippen molar-refractivity contribution in [1.82, 2.24) is 10.7 Å². The molecule has 0 saturated heterocycles. The standard InChI is InChI=1S/C11H11Cl2N3O/c12-7-3-4-8(13)10(6-7)16-15-9-2-1-5-14-11(9)17/h2-4,6,15-16H,1,5H2,(H,14,17). The zero-order valence-electron chi connectivity index (χ0n) is 8.89. The Morgan fingerprint density at radius 3 is 2.82 bits per heavy atom. The van der Waals surface area contributed by atoms with Crippen molar-refractivity contribution in [2.75, 3.05) is 12.0 Å². The molecular formula is C11H11Cl2N3O. The third-order valence-corrected chi connectivity index (χ3v) is 2.85. The van der Waals surface area contributed by atoms with Gasteiger partial charge >= 0.3 is 0 Å². The Hall–Kier alpha value is -1.39. The van der Waals surface area contributed by atoms with Gasteiger partial charge in [-0.3, -0.25) is 15.6 Å². The molecular weight excluding hydrogens is 261 g/mol. The molecule has 0 aromatic heterocycles. The highest BCUT2D eigenvalue weighted by molar-refractivity contribution is 6.35. The summed E-state index contributed by atoms with van der Waals surface area (Å²) in [7, 11) is 0. The minimum atomic E-state index is -0.137. The van der Waals surface area contributed by atoms with Gasteiger partial charge in [-0.2, -0.15) is 0 Å².